The van der Waals surface area contributed by atoms with E-state index in [1.165, 1.54) is 0 Å². The first-order chi connectivity index (χ1) is 20.0. The van der Waals surface area contributed by atoms with Gasteiger partial charge in [-0.3, -0.25) is 9.59 Å². The molecular formula is C31H37F2N5O4. The minimum absolute atomic E-state index is 0.0223. The van der Waals surface area contributed by atoms with Gasteiger partial charge in [-0.2, -0.15) is 4.98 Å². The molecule has 9 nitrogen and oxygen atoms in total. The van der Waals surface area contributed by atoms with Crippen LogP contribution in [0.25, 0.3) is 0 Å². The Morgan fingerprint density at radius 1 is 1.19 bits per heavy atom. The number of halogens is 2. The van der Waals surface area contributed by atoms with Crippen LogP contribution >= 0.6 is 0 Å². The highest BCUT2D eigenvalue weighted by atomic mass is 19.3. The highest BCUT2D eigenvalue weighted by Gasteiger charge is 2.59. The number of allylic oxidation sites excluding steroid dienone is 2. The molecule has 1 aliphatic carbocycles. The van der Waals surface area contributed by atoms with Gasteiger partial charge in [-0.25, -0.2) is 8.78 Å². The van der Waals surface area contributed by atoms with Gasteiger partial charge in [0.15, 0.2) is 11.4 Å². The summed E-state index contributed by atoms with van der Waals surface area (Å²) in [6, 6.07) is 5.93. The van der Waals surface area contributed by atoms with Crippen LogP contribution in [0.5, 0.6) is 5.75 Å². The molecule has 1 spiro atoms. The number of aromatic nitrogens is 2. The zero-order valence-electron chi connectivity index (χ0n) is 24.0. The molecule has 4 aliphatic rings. The Bertz CT molecular complexity index is 1430. The first kappa shape index (κ1) is 28.4. The number of hydrogen-bond acceptors (Lipinski definition) is 7. The normalized spacial score (nSPS) is 24.5. The van der Waals surface area contributed by atoms with E-state index in [-0.39, 0.29) is 48.8 Å². The summed E-state index contributed by atoms with van der Waals surface area (Å²) >= 11 is 0. The lowest BCUT2D eigenvalue weighted by molar-refractivity contribution is -0.185. The van der Waals surface area contributed by atoms with Crippen LogP contribution in [0.3, 0.4) is 0 Å². The minimum atomic E-state index is -3.04. The predicted octanol–water partition coefficient (Wildman–Crippen LogP) is 4.50. The molecule has 0 bridgehead atoms. The van der Waals surface area contributed by atoms with Crippen LogP contribution in [0.4, 0.5) is 14.8 Å². The molecule has 2 unspecified atom stereocenters. The molecule has 42 heavy (non-hydrogen) atoms. The summed E-state index contributed by atoms with van der Waals surface area (Å²) < 4.78 is 43.0. The van der Waals surface area contributed by atoms with Crippen molar-refractivity contribution in [1.29, 1.82) is 0 Å². The summed E-state index contributed by atoms with van der Waals surface area (Å²) in [6.45, 7) is 5.76. The van der Waals surface area contributed by atoms with Crippen molar-refractivity contribution in [2.45, 2.75) is 75.7 Å². The van der Waals surface area contributed by atoms with E-state index in [1.807, 2.05) is 55.2 Å². The number of hydrogen-bond donors (Lipinski definition) is 1. The van der Waals surface area contributed by atoms with Gasteiger partial charge >= 0.3 is 6.01 Å². The summed E-state index contributed by atoms with van der Waals surface area (Å²) in [6.07, 6.45) is 7.27. The number of nitrogens with two attached hydrogens (primary N) is 1. The first-order valence-electron chi connectivity index (χ1n) is 14.8. The second-order valence-corrected chi connectivity index (χ2v) is 12.4. The minimum Gasteiger partial charge on any atom is -0.481 e. The van der Waals surface area contributed by atoms with E-state index in [0.29, 0.717) is 67.7 Å². The Balaban J connectivity index is 1.09. The summed E-state index contributed by atoms with van der Waals surface area (Å²) in [7, 11) is 0. The molecule has 2 fully saturated rings. The predicted molar refractivity (Wildman–Crippen MR) is 151 cm³/mol. The monoisotopic (exact) mass is 581 g/mol. The number of rotatable bonds is 6. The van der Waals surface area contributed by atoms with Crippen molar-refractivity contribution < 1.29 is 27.6 Å². The standard InChI is InChI=1S/C31H37F2N5O4/c1-19(2)27-35-29(42-36-27)37-13-10-30(11-14-37)31(32,33)17-24-16-23(7-8-25(24)41-30)21-3-5-22(6-4-21)28(40)38-12-9-20(18-38)15-26(34)39/h3,5-8,16,19-21H,4,9-15,17-18H2,1-2H3,(H2,34,39). The van der Waals surface area contributed by atoms with Gasteiger partial charge in [0.1, 0.15) is 5.75 Å². The number of nitrogens with zero attached hydrogens (tertiary/aromatic N) is 4. The van der Waals surface area contributed by atoms with Gasteiger partial charge in [0.25, 0.3) is 11.8 Å². The van der Waals surface area contributed by atoms with Gasteiger partial charge in [0.05, 0.1) is 0 Å². The number of piperidine rings is 1. The third-order valence-electron chi connectivity index (χ3n) is 9.10. The molecule has 0 saturated carbocycles. The fourth-order valence-electron chi connectivity index (χ4n) is 6.55. The number of primary amides is 1. The average molecular weight is 582 g/mol. The lowest BCUT2D eigenvalue weighted by Gasteiger charge is -2.48. The van der Waals surface area contributed by atoms with Crippen molar-refractivity contribution >= 4 is 17.8 Å². The molecule has 2 amide bonds. The van der Waals surface area contributed by atoms with Gasteiger partial charge < -0.3 is 24.8 Å². The topological polar surface area (TPSA) is 115 Å². The van der Waals surface area contributed by atoms with Crippen LogP contribution in [0.2, 0.25) is 0 Å². The van der Waals surface area contributed by atoms with Crippen LogP contribution in [0, 0.1) is 5.92 Å². The molecule has 2 saturated heterocycles. The van der Waals surface area contributed by atoms with Crippen LogP contribution < -0.4 is 15.4 Å². The van der Waals surface area contributed by atoms with E-state index >= 15 is 8.78 Å². The van der Waals surface area contributed by atoms with Crippen molar-refractivity contribution in [2.24, 2.45) is 11.7 Å². The van der Waals surface area contributed by atoms with E-state index in [4.69, 9.17) is 15.0 Å². The summed E-state index contributed by atoms with van der Waals surface area (Å²) in [4.78, 5) is 32.3. The van der Waals surface area contributed by atoms with Crippen LogP contribution in [0.1, 0.15) is 74.7 Å². The second kappa shape index (κ2) is 10.8. The fourth-order valence-corrected chi connectivity index (χ4v) is 6.55. The number of alkyl halides is 2. The van der Waals surface area contributed by atoms with Crippen molar-refractivity contribution in [1.82, 2.24) is 15.0 Å². The Morgan fingerprint density at radius 2 is 1.98 bits per heavy atom. The fraction of sp³-hybridized carbons (Fsp3) is 0.548. The average Bonchev–Trinajstić information content (AvgIpc) is 3.64. The quantitative estimate of drug-likeness (QED) is 0.534. The third-order valence-corrected chi connectivity index (χ3v) is 9.10. The zero-order valence-corrected chi connectivity index (χ0v) is 24.0. The van der Waals surface area contributed by atoms with Crippen LogP contribution in [-0.4, -0.2) is 64.6 Å². The number of amides is 2. The Kier molecular flexibility index (Phi) is 7.31. The number of benzene rings is 1. The van der Waals surface area contributed by atoms with Crippen molar-refractivity contribution in [2.75, 3.05) is 31.1 Å². The zero-order chi connectivity index (χ0) is 29.6. The van der Waals surface area contributed by atoms with Gasteiger partial charge in [0.2, 0.25) is 5.91 Å². The molecular weight excluding hydrogens is 544 g/mol. The maximum absolute atomic E-state index is 15.7. The lowest BCUT2D eigenvalue weighted by atomic mass is 9.79. The van der Waals surface area contributed by atoms with E-state index in [1.54, 1.807) is 4.90 Å². The molecule has 0 radical (unpaired) electrons. The molecule has 1 aromatic heterocycles. The maximum atomic E-state index is 15.7. The van der Waals surface area contributed by atoms with Gasteiger partial charge in [-0.05, 0) is 30.4 Å². The molecule has 2 N–H and O–H groups in total. The first-order valence-corrected chi connectivity index (χ1v) is 14.8. The van der Waals surface area contributed by atoms with Gasteiger partial charge in [-0.15, -0.1) is 0 Å². The van der Waals surface area contributed by atoms with Crippen LogP contribution in [0.15, 0.2) is 46.5 Å². The number of carbonyl (C=O) groups is 2. The maximum Gasteiger partial charge on any atom is 0.324 e. The van der Waals surface area contributed by atoms with Gasteiger partial charge in [-0.1, -0.05) is 49.4 Å². The van der Waals surface area contributed by atoms with Crippen molar-refractivity contribution in [3.63, 3.8) is 0 Å². The Hall–Kier alpha value is -3.76. The summed E-state index contributed by atoms with van der Waals surface area (Å²) in [5.74, 6) is -2.12. The van der Waals surface area contributed by atoms with E-state index in [2.05, 4.69) is 10.1 Å². The van der Waals surface area contributed by atoms with Crippen LogP contribution in [-0.2, 0) is 16.0 Å². The number of carbonyl (C=O) groups excluding carboxylic acids is 2. The Morgan fingerprint density at radius 3 is 2.64 bits per heavy atom. The number of likely N-dealkylation sites (tertiary alicyclic amines) is 1. The molecule has 11 heteroatoms. The molecule has 2 atom stereocenters. The SMILES string of the molecule is CC(C)c1noc(N2CCC3(CC2)Oc2ccc(C4C=CC(C(=O)N5CCC(CC(N)=O)C5)=CC4)cc2CC3(F)F)n1. The lowest BCUT2D eigenvalue weighted by Crippen LogP contribution is -2.61. The second-order valence-electron chi connectivity index (χ2n) is 12.4. The molecule has 1 aromatic carbocycles. The van der Waals surface area contributed by atoms with E-state index in [0.717, 1.165) is 12.0 Å². The molecule has 2 aromatic rings. The van der Waals surface area contributed by atoms with Crippen molar-refractivity contribution in [3.8, 4) is 5.75 Å². The van der Waals surface area contributed by atoms with E-state index < -0.39 is 11.5 Å². The van der Waals surface area contributed by atoms with Crippen molar-refractivity contribution in [3.05, 3.63) is 59.0 Å². The number of anilines is 1. The molecule has 4 heterocycles. The summed E-state index contributed by atoms with van der Waals surface area (Å²) in [5, 5.41) is 3.99. The largest absolute Gasteiger partial charge is 0.481 e. The van der Waals surface area contributed by atoms with Gasteiger partial charge in [0, 0.05) is 74.8 Å². The number of ether oxygens (including phenoxy) is 1. The number of fused-ring (bicyclic) bond motifs is 1. The highest BCUT2D eigenvalue weighted by Crippen LogP contribution is 2.49. The Labute approximate surface area is 243 Å². The molecule has 224 valence electrons. The molecule has 3 aliphatic heterocycles. The highest BCUT2D eigenvalue weighted by molar-refractivity contribution is 5.96. The van der Waals surface area contributed by atoms with E-state index in [9.17, 15) is 9.59 Å². The third kappa shape index (κ3) is 5.29. The smallest absolute Gasteiger partial charge is 0.324 e. The summed E-state index contributed by atoms with van der Waals surface area (Å²) in [5.41, 5.74) is 5.77. The molecule has 6 rings (SSSR count).